The quantitative estimate of drug-likeness (QED) is 0.692. The molecule has 0 radical (unpaired) electrons. The highest BCUT2D eigenvalue weighted by Crippen LogP contribution is 2.27. The van der Waals surface area contributed by atoms with Gasteiger partial charge in [-0.3, -0.25) is 4.79 Å². The molecular weight excluding hydrogens is 369 g/mol. The van der Waals surface area contributed by atoms with Crippen LogP contribution in [-0.2, 0) is 19.3 Å². The van der Waals surface area contributed by atoms with Gasteiger partial charge in [0, 0.05) is 17.8 Å². The maximum Gasteiger partial charge on any atom is 0.272 e. The predicted octanol–water partition coefficient (Wildman–Crippen LogP) is 3.87. The van der Waals surface area contributed by atoms with E-state index >= 15 is 0 Å². The van der Waals surface area contributed by atoms with Crippen LogP contribution in [0.2, 0.25) is 0 Å². The minimum absolute atomic E-state index is 0.155. The molecule has 3 aromatic rings. The maximum absolute atomic E-state index is 13.3. The Bertz CT molecular complexity index is 994. The molecule has 1 heterocycles. The number of hydrogen-bond acceptors (Lipinski definition) is 3. The molecule has 0 fully saturated rings. The summed E-state index contributed by atoms with van der Waals surface area (Å²) >= 11 is 0. The summed E-state index contributed by atoms with van der Waals surface area (Å²) in [6.07, 6.45) is 4.57. The smallest absolute Gasteiger partial charge is 0.272 e. The van der Waals surface area contributed by atoms with Gasteiger partial charge in [0.05, 0.1) is 12.8 Å². The van der Waals surface area contributed by atoms with Crippen LogP contribution in [0.1, 0.15) is 40.2 Å². The molecule has 150 valence electrons. The molecular formula is C23H24FN3O2. The second-order valence-electron chi connectivity index (χ2n) is 7.22. The van der Waals surface area contributed by atoms with Crippen LogP contribution in [-0.4, -0.2) is 29.3 Å². The van der Waals surface area contributed by atoms with Crippen molar-refractivity contribution in [2.45, 2.75) is 32.1 Å². The van der Waals surface area contributed by atoms with Crippen LogP contribution in [0.3, 0.4) is 0 Å². The second kappa shape index (κ2) is 8.47. The van der Waals surface area contributed by atoms with Crippen LogP contribution in [0.15, 0.2) is 48.5 Å². The lowest BCUT2D eigenvalue weighted by atomic mass is 9.95. The number of nitrogens with one attached hydrogen (secondary N) is 1. The highest BCUT2D eigenvalue weighted by atomic mass is 19.1. The molecule has 0 spiro atoms. The number of carbonyl (C=O) groups excluding carboxylic acids is 1. The second-order valence-corrected chi connectivity index (χ2v) is 7.22. The molecule has 0 saturated carbocycles. The lowest BCUT2D eigenvalue weighted by molar-refractivity contribution is 0.0947. The fourth-order valence-electron chi connectivity index (χ4n) is 3.77. The molecule has 0 aliphatic heterocycles. The Morgan fingerprint density at radius 2 is 1.83 bits per heavy atom. The van der Waals surface area contributed by atoms with Crippen LogP contribution in [0.5, 0.6) is 5.75 Å². The van der Waals surface area contributed by atoms with Gasteiger partial charge in [0.15, 0.2) is 5.69 Å². The summed E-state index contributed by atoms with van der Waals surface area (Å²) in [5.41, 5.74) is 4.47. The summed E-state index contributed by atoms with van der Waals surface area (Å²) in [4.78, 5) is 12.8. The monoisotopic (exact) mass is 393 g/mol. The Kier molecular flexibility index (Phi) is 5.60. The number of aromatic nitrogens is 2. The Labute approximate surface area is 169 Å². The van der Waals surface area contributed by atoms with Crippen LogP contribution in [0, 0.1) is 5.82 Å². The molecule has 0 saturated heterocycles. The predicted molar refractivity (Wildman–Crippen MR) is 109 cm³/mol. The minimum atomic E-state index is -0.286. The van der Waals surface area contributed by atoms with Crippen molar-refractivity contribution in [1.82, 2.24) is 15.1 Å². The first-order valence-corrected chi connectivity index (χ1v) is 9.93. The molecule has 0 bridgehead atoms. The maximum atomic E-state index is 13.3. The van der Waals surface area contributed by atoms with Crippen molar-refractivity contribution in [3.8, 4) is 11.4 Å². The Hall–Kier alpha value is -3.15. The van der Waals surface area contributed by atoms with Crippen LogP contribution in [0.25, 0.3) is 5.69 Å². The van der Waals surface area contributed by atoms with Crippen molar-refractivity contribution in [3.05, 3.63) is 76.9 Å². The van der Waals surface area contributed by atoms with E-state index in [1.54, 1.807) is 23.9 Å². The van der Waals surface area contributed by atoms with E-state index in [0.717, 1.165) is 60.4 Å². The lowest BCUT2D eigenvalue weighted by Gasteiger charge is -2.14. The number of nitrogens with zero attached hydrogens (tertiary/aromatic N) is 2. The van der Waals surface area contributed by atoms with E-state index in [0.29, 0.717) is 12.2 Å². The van der Waals surface area contributed by atoms with Gasteiger partial charge in [-0.15, -0.1) is 0 Å². The largest absolute Gasteiger partial charge is 0.497 e. The van der Waals surface area contributed by atoms with E-state index in [9.17, 15) is 9.18 Å². The van der Waals surface area contributed by atoms with Gasteiger partial charge in [-0.25, -0.2) is 9.07 Å². The standard InChI is InChI=1S/C23H24FN3O2/c1-29-19-12-6-16(7-13-19)14-15-25-23(28)22-20-4-2-3-5-21(20)27(26-22)18-10-8-17(24)9-11-18/h6-13H,2-5,14-15H2,1H3,(H,25,28). The number of benzene rings is 2. The molecule has 1 amide bonds. The molecule has 1 N–H and O–H groups in total. The van der Waals surface area contributed by atoms with Crippen molar-refractivity contribution < 1.29 is 13.9 Å². The van der Waals surface area contributed by atoms with E-state index in [2.05, 4.69) is 10.4 Å². The number of hydrogen-bond donors (Lipinski definition) is 1. The average molecular weight is 393 g/mol. The first-order chi connectivity index (χ1) is 14.2. The number of amides is 1. The fourth-order valence-corrected chi connectivity index (χ4v) is 3.77. The van der Waals surface area contributed by atoms with Gasteiger partial charge >= 0.3 is 0 Å². The summed E-state index contributed by atoms with van der Waals surface area (Å²) in [5.74, 6) is 0.375. The Morgan fingerprint density at radius 1 is 1.10 bits per heavy atom. The topological polar surface area (TPSA) is 56.1 Å². The number of ether oxygens (including phenoxy) is 1. The van der Waals surface area contributed by atoms with Crippen LogP contribution in [0.4, 0.5) is 4.39 Å². The highest BCUT2D eigenvalue weighted by Gasteiger charge is 2.25. The number of fused-ring (bicyclic) bond motifs is 1. The normalized spacial score (nSPS) is 13.0. The van der Waals surface area contributed by atoms with Gasteiger partial charge in [0.2, 0.25) is 0 Å². The third-order valence-corrected chi connectivity index (χ3v) is 5.32. The molecule has 0 unspecified atom stereocenters. The molecule has 1 aromatic heterocycles. The van der Waals surface area contributed by atoms with Gasteiger partial charge in [-0.2, -0.15) is 5.10 Å². The zero-order valence-corrected chi connectivity index (χ0v) is 16.5. The number of rotatable bonds is 6. The zero-order valence-electron chi connectivity index (χ0n) is 16.5. The molecule has 6 heteroatoms. The van der Waals surface area contributed by atoms with Crippen molar-refractivity contribution >= 4 is 5.91 Å². The molecule has 5 nitrogen and oxygen atoms in total. The van der Waals surface area contributed by atoms with Crippen molar-refractivity contribution in [2.75, 3.05) is 13.7 Å². The van der Waals surface area contributed by atoms with E-state index in [1.807, 2.05) is 24.3 Å². The van der Waals surface area contributed by atoms with Gasteiger partial charge in [-0.1, -0.05) is 12.1 Å². The van der Waals surface area contributed by atoms with Gasteiger partial charge in [-0.05, 0) is 74.1 Å². The van der Waals surface area contributed by atoms with E-state index < -0.39 is 0 Å². The average Bonchev–Trinajstić information content (AvgIpc) is 3.14. The minimum Gasteiger partial charge on any atom is -0.497 e. The third-order valence-electron chi connectivity index (χ3n) is 5.32. The SMILES string of the molecule is COc1ccc(CCNC(=O)c2nn(-c3ccc(F)cc3)c3c2CCCC3)cc1. The van der Waals surface area contributed by atoms with Crippen molar-refractivity contribution in [2.24, 2.45) is 0 Å². The number of methoxy groups -OCH3 is 1. The van der Waals surface area contributed by atoms with Gasteiger partial charge in [0.1, 0.15) is 11.6 Å². The molecule has 4 rings (SSSR count). The summed E-state index contributed by atoms with van der Waals surface area (Å²) in [5, 5.41) is 7.60. The van der Waals surface area contributed by atoms with E-state index in [-0.39, 0.29) is 11.7 Å². The van der Waals surface area contributed by atoms with Crippen LogP contribution >= 0.6 is 0 Å². The van der Waals surface area contributed by atoms with Gasteiger partial charge < -0.3 is 10.1 Å². The lowest BCUT2D eigenvalue weighted by Crippen LogP contribution is -2.27. The number of carbonyl (C=O) groups is 1. The summed E-state index contributed by atoms with van der Waals surface area (Å²) < 4.78 is 20.3. The number of halogens is 1. The Morgan fingerprint density at radius 3 is 2.55 bits per heavy atom. The molecule has 1 aliphatic carbocycles. The van der Waals surface area contributed by atoms with Crippen molar-refractivity contribution in [1.29, 1.82) is 0 Å². The molecule has 29 heavy (non-hydrogen) atoms. The van der Waals surface area contributed by atoms with Crippen LogP contribution < -0.4 is 10.1 Å². The fraction of sp³-hybridized carbons (Fsp3) is 0.304. The molecule has 2 aromatic carbocycles. The van der Waals surface area contributed by atoms with Gasteiger partial charge in [0.25, 0.3) is 5.91 Å². The zero-order chi connectivity index (χ0) is 20.2. The van der Waals surface area contributed by atoms with E-state index in [1.165, 1.54) is 12.1 Å². The molecule has 1 aliphatic rings. The third kappa shape index (κ3) is 4.16. The summed E-state index contributed by atoms with van der Waals surface area (Å²) in [7, 11) is 1.64. The first-order valence-electron chi connectivity index (χ1n) is 9.93. The summed E-state index contributed by atoms with van der Waals surface area (Å²) in [6, 6.07) is 14.1. The highest BCUT2D eigenvalue weighted by molar-refractivity contribution is 5.94. The van der Waals surface area contributed by atoms with Crippen molar-refractivity contribution in [3.63, 3.8) is 0 Å². The first kappa shape index (κ1) is 19.2. The Balaban J connectivity index is 1.49. The van der Waals surface area contributed by atoms with E-state index in [4.69, 9.17) is 4.74 Å². The summed E-state index contributed by atoms with van der Waals surface area (Å²) in [6.45, 7) is 0.531. The molecule has 0 atom stereocenters.